The second-order valence-corrected chi connectivity index (χ2v) is 6.19. The van der Waals surface area contributed by atoms with Gasteiger partial charge in [-0.1, -0.05) is 30.3 Å². The minimum atomic E-state index is -0.287. The van der Waals surface area contributed by atoms with Crippen LogP contribution in [0.4, 0.5) is 4.39 Å². The number of likely N-dealkylation sites (tertiary alicyclic amines) is 1. The number of rotatable bonds is 3. The summed E-state index contributed by atoms with van der Waals surface area (Å²) >= 11 is 0. The molecule has 2 N–H and O–H groups in total. The third kappa shape index (κ3) is 3.60. The highest BCUT2D eigenvalue weighted by molar-refractivity contribution is 5.94. The summed E-state index contributed by atoms with van der Waals surface area (Å²) in [6.45, 7) is 3.52. The van der Waals surface area contributed by atoms with Crippen molar-refractivity contribution in [3.05, 3.63) is 71.0 Å². The summed E-state index contributed by atoms with van der Waals surface area (Å²) in [6, 6.07) is 14.7. The maximum Gasteiger partial charge on any atom is 0.253 e. The van der Waals surface area contributed by atoms with Crippen LogP contribution in [0.1, 0.15) is 27.4 Å². The first-order valence-corrected chi connectivity index (χ1v) is 7.90. The Morgan fingerprint density at radius 3 is 2.54 bits per heavy atom. The molecule has 1 heterocycles. The molecule has 0 spiro atoms. The Bertz CT molecular complexity index is 708. The molecule has 0 aromatic heterocycles. The Morgan fingerprint density at radius 2 is 1.92 bits per heavy atom. The Morgan fingerprint density at radius 1 is 1.21 bits per heavy atom. The molecule has 128 valence electrons. The number of amides is 1. The summed E-state index contributed by atoms with van der Waals surface area (Å²) in [5.74, 6) is 0.171. The number of carbonyl (C=O) groups is 1. The molecule has 3 rings (SSSR count). The van der Waals surface area contributed by atoms with Crippen LogP contribution in [0.25, 0.3) is 0 Å². The van der Waals surface area contributed by atoms with E-state index >= 15 is 0 Å². The third-order valence-corrected chi connectivity index (χ3v) is 4.66. The average molecular weight is 349 g/mol. The first-order chi connectivity index (χ1) is 11.1. The van der Waals surface area contributed by atoms with Gasteiger partial charge in [-0.25, -0.2) is 4.39 Å². The zero-order chi connectivity index (χ0) is 16.4. The molecule has 0 aliphatic carbocycles. The fourth-order valence-corrected chi connectivity index (χ4v) is 3.31. The van der Waals surface area contributed by atoms with Gasteiger partial charge in [-0.05, 0) is 48.7 Å². The topological polar surface area (TPSA) is 46.3 Å². The number of halogens is 2. The van der Waals surface area contributed by atoms with E-state index in [1.165, 1.54) is 11.6 Å². The van der Waals surface area contributed by atoms with E-state index in [0.29, 0.717) is 30.8 Å². The molecule has 5 heteroatoms. The fourth-order valence-electron chi connectivity index (χ4n) is 3.31. The SMILES string of the molecule is Cc1cc(C(=O)N2C[C@@H](CN)[C@H](c3ccccc3)C2)ccc1F.Cl. The van der Waals surface area contributed by atoms with E-state index < -0.39 is 0 Å². The number of hydrogen-bond acceptors (Lipinski definition) is 2. The van der Waals surface area contributed by atoms with Crippen LogP contribution >= 0.6 is 12.4 Å². The van der Waals surface area contributed by atoms with Crippen molar-refractivity contribution < 1.29 is 9.18 Å². The monoisotopic (exact) mass is 348 g/mol. The van der Waals surface area contributed by atoms with Crippen molar-refractivity contribution in [1.82, 2.24) is 4.90 Å². The summed E-state index contributed by atoms with van der Waals surface area (Å²) < 4.78 is 13.4. The van der Waals surface area contributed by atoms with Crippen molar-refractivity contribution >= 4 is 18.3 Å². The maximum atomic E-state index is 13.4. The molecule has 0 radical (unpaired) electrons. The second-order valence-electron chi connectivity index (χ2n) is 6.19. The van der Waals surface area contributed by atoms with Crippen LogP contribution in [0.3, 0.4) is 0 Å². The molecule has 2 aromatic rings. The number of nitrogens with zero attached hydrogens (tertiary/aromatic N) is 1. The van der Waals surface area contributed by atoms with Crippen molar-refractivity contribution in [3.8, 4) is 0 Å². The predicted molar refractivity (Wildman–Crippen MR) is 96.0 cm³/mol. The molecule has 0 saturated carbocycles. The van der Waals surface area contributed by atoms with Gasteiger partial charge in [0.1, 0.15) is 5.82 Å². The molecule has 2 atom stereocenters. The van der Waals surface area contributed by atoms with Gasteiger partial charge < -0.3 is 10.6 Å². The zero-order valence-corrected chi connectivity index (χ0v) is 14.4. The number of hydrogen-bond donors (Lipinski definition) is 1. The molecular formula is C19H22ClFN2O. The Kier molecular flexibility index (Phi) is 5.97. The number of nitrogens with two attached hydrogens (primary N) is 1. The summed E-state index contributed by atoms with van der Waals surface area (Å²) in [7, 11) is 0. The first kappa shape index (κ1) is 18.4. The van der Waals surface area contributed by atoms with E-state index in [1.54, 1.807) is 19.1 Å². The van der Waals surface area contributed by atoms with Gasteiger partial charge in [-0.2, -0.15) is 0 Å². The molecule has 1 aliphatic heterocycles. The van der Waals surface area contributed by atoms with Crippen LogP contribution in [0.5, 0.6) is 0 Å². The average Bonchev–Trinajstić information content (AvgIpc) is 3.02. The Balaban J connectivity index is 0.00000208. The van der Waals surface area contributed by atoms with Gasteiger partial charge in [-0.3, -0.25) is 4.79 Å². The molecule has 0 bridgehead atoms. The van der Waals surface area contributed by atoms with E-state index in [-0.39, 0.29) is 36.0 Å². The van der Waals surface area contributed by atoms with Gasteiger partial charge in [0.25, 0.3) is 5.91 Å². The van der Waals surface area contributed by atoms with Gasteiger partial charge in [0.05, 0.1) is 0 Å². The lowest BCUT2D eigenvalue weighted by Crippen LogP contribution is -2.29. The van der Waals surface area contributed by atoms with Crippen LogP contribution in [0.15, 0.2) is 48.5 Å². The van der Waals surface area contributed by atoms with Gasteiger partial charge in [0.15, 0.2) is 0 Å². The molecule has 0 unspecified atom stereocenters. The molecule has 1 fully saturated rings. The normalized spacial score (nSPS) is 19.9. The number of benzene rings is 2. The summed E-state index contributed by atoms with van der Waals surface area (Å²) in [5, 5.41) is 0. The highest BCUT2D eigenvalue weighted by Gasteiger charge is 2.35. The van der Waals surface area contributed by atoms with Crippen molar-refractivity contribution in [2.24, 2.45) is 11.7 Å². The van der Waals surface area contributed by atoms with E-state index in [2.05, 4.69) is 12.1 Å². The second kappa shape index (κ2) is 7.77. The number of carbonyl (C=O) groups excluding carboxylic acids is 1. The molecule has 3 nitrogen and oxygen atoms in total. The number of aryl methyl sites for hydroxylation is 1. The predicted octanol–water partition coefficient (Wildman–Crippen LogP) is 3.37. The van der Waals surface area contributed by atoms with Crippen LogP contribution < -0.4 is 5.73 Å². The van der Waals surface area contributed by atoms with E-state index in [9.17, 15) is 9.18 Å². The van der Waals surface area contributed by atoms with Gasteiger partial charge in [-0.15, -0.1) is 12.4 Å². The van der Waals surface area contributed by atoms with Gasteiger partial charge in [0.2, 0.25) is 0 Å². The van der Waals surface area contributed by atoms with Gasteiger partial charge >= 0.3 is 0 Å². The van der Waals surface area contributed by atoms with Crippen LogP contribution in [0.2, 0.25) is 0 Å². The molecular weight excluding hydrogens is 327 g/mol. The third-order valence-electron chi connectivity index (χ3n) is 4.66. The van der Waals surface area contributed by atoms with Crippen molar-refractivity contribution in [1.29, 1.82) is 0 Å². The van der Waals surface area contributed by atoms with Gasteiger partial charge in [0, 0.05) is 24.6 Å². The van der Waals surface area contributed by atoms with Crippen molar-refractivity contribution in [2.75, 3.05) is 19.6 Å². The summed E-state index contributed by atoms with van der Waals surface area (Å²) in [4.78, 5) is 14.5. The van der Waals surface area contributed by atoms with Crippen molar-refractivity contribution in [3.63, 3.8) is 0 Å². The molecule has 1 aliphatic rings. The summed E-state index contributed by atoms with van der Waals surface area (Å²) in [6.07, 6.45) is 0. The first-order valence-electron chi connectivity index (χ1n) is 7.90. The lowest BCUT2D eigenvalue weighted by molar-refractivity contribution is 0.0786. The minimum Gasteiger partial charge on any atom is -0.338 e. The van der Waals surface area contributed by atoms with Crippen LogP contribution in [-0.4, -0.2) is 30.4 Å². The standard InChI is InChI=1S/C19H21FN2O.ClH/c1-13-9-15(7-8-18(13)20)19(23)22-11-16(10-21)17(12-22)14-5-3-2-4-6-14;/h2-9,16-17H,10-12,21H2,1H3;1H/t16-,17+;/m1./s1. The lowest BCUT2D eigenvalue weighted by atomic mass is 9.89. The zero-order valence-electron chi connectivity index (χ0n) is 13.6. The molecule has 2 aromatic carbocycles. The highest BCUT2D eigenvalue weighted by atomic mass is 35.5. The molecule has 1 saturated heterocycles. The Hall–Kier alpha value is -1.91. The largest absolute Gasteiger partial charge is 0.338 e. The van der Waals surface area contributed by atoms with E-state index in [0.717, 1.165) is 0 Å². The Labute approximate surface area is 148 Å². The van der Waals surface area contributed by atoms with Crippen molar-refractivity contribution in [2.45, 2.75) is 12.8 Å². The lowest BCUT2D eigenvalue weighted by Gasteiger charge is -2.17. The highest BCUT2D eigenvalue weighted by Crippen LogP contribution is 2.32. The van der Waals surface area contributed by atoms with Crippen LogP contribution in [-0.2, 0) is 0 Å². The fraction of sp³-hybridized carbons (Fsp3) is 0.316. The quantitative estimate of drug-likeness (QED) is 0.924. The smallest absolute Gasteiger partial charge is 0.253 e. The minimum absolute atomic E-state index is 0. The molecule has 1 amide bonds. The van der Waals surface area contributed by atoms with Crippen LogP contribution in [0, 0.1) is 18.7 Å². The van der Waals surface area contributed by atoms with E-state index in [1.807, 2.05) is 23.1 Å². The summed E-state index contributed by atoms with van der Waals surface area (Å²) in [5.41, 5.74) is 8.16. The molecule has 24 heavy (non-hydrogen) atoms. The maximum absolute atomic E-state index is 13.4. The van der Waals surface area contributed by atoms with E-state index in [4.69, 9.17) is 5.73 Å².